The molecule has 0 spiro atoms. The van der Waals surface area contributed by atoms with Crippen molar-refractivity contribution in [2.24, 2.45) is 10.9 Å². The Labute approximate surface area is 111 Å². The molecule has 2 heteroatoms. The van der Waals surface area contributed by atoms with Crippen LogP contribution in [0.5, 0.6) is 0 Å². The number of aliphatic imine (C=N–C) groups is 1. The zero-order valence-electron chi connectivity index (χ0n) is 11.8. The van der Waals surface area contributed by atoms with Gasteiger partial charge in [0.15, 0.2) is 0 Å². The lowest BCUT2D eigenvalue weighted by molar-refractivity contribution is 0.413. The van der Waals surface area contributed by atoms with Gasteiger partial charge in [-0.15, -0.1) is 0 Å². The summed E-state index contributed by atoms with van der Waals surface area (Å²) in [4.78, 5) is 6.95. The lowest BCUT2D eigenvalue weighted by Gasteiger charge is -2.18. The number of nitrogens with zero attached hydrogens (tertiary/aromatic N) is 2. The Balaban J connectivity index is 2.07. The highest BCUT2D eigenvalue weighted by atomic mass is 15.0. The predicted molar refractivity (Wildman–Crippen MR) is 78.5 cm³/mol. The van der Waals surface area contributed by atoms with Crippen LogP contribution in [0.25, 0.3) is 0 Å². The van der Waals surface area contributed by atoms with Gasteiger partial charge in [0.25, 0.3) is 0 Å². The van der Waals surface area contributed by atoms with Gasteiger partial charge in [-0.05, 0) is 56.5 Å². The van der Waals surface area contributed by atoms with E-state index in [0.717, 1.165) is 31.8 Å². The van der Waals surface area contributed by atoms with Gasteiger partial charge in [0.05, 0.1) is 0 Å². The van der Waals surface area contributed by atoms with Gasteiger partial charge < -0.3 is 4.90 Å². The van der Waals surface area contributed by atoms with Gasteiger partial charge in [0.1, 0.15) is 0 Å². The third-order valence-electron chi connectivity index (χ3n) is 3.58. The van der Waals surface area contributed by atoms with Crippen molar-refractivity contribution in [2.75, 3.05) is 27.2 Å². The number of hydrogen-bond acceptors (Lipinski definition) is 2. The van der Waals surface area contributed by atoms with Crippen LogP contribution in [0.3, 0.4) is 0 Å². The minimum atomic E-state index is 0.755. The minimum absolute atomic E-state index is 0.755. The zero-order valence-corrected chi connectivity index (χ0v) is 11.8. The van der Waals surface area contributed by atoms with E-state index >= 15 is 0 Å². The summed E-state index contributed by atoms with van der Waals surface area (Å²) in [6.07, 6.45) is 3.53. The Bertz CT molecular complexity index is 421. The van der Waals surface area contributed by atoms with Gasteiger partial charge in [-0.2, -0.15) is 0 Å². The molecule has 0 saturated carbocycles. The standard InChI is InChI=1S/C16H24N2/c1-13-7-8-16(17-12-13)15-6-4-5-14(11-15)9-10-18(2)3/h4-6,11,13H,7-10,12H2,1-3H3. The van der Waals surface area contributed by atoms with Crippen LogP contribution in [-0.4, -0.2) is 37.8 Å². The first kappa shape index (κ1) is 13.3. The van der Waals surface area contributed by atoms with Crippen molar-refractivity contribution in [2.45, 2.75) is 26.2 Å². The molecule has 0 fully saturated rings. The van der Waals surface area contributed by atoms with E-state index in [-0.39, 0.29) is 0 Å². The highest BCUT2D eigenvalue weighted by Gasteiger charge is 2.13. The Kier molecular flexibility index (Phi) is 4.54. The van der Waals surface area contributed by atoms with Gasteiger partial charge in [-0.3, -0.25) is 4.99 Å². The lowest BCUT2D eigenvalue weighted by atomic mass is 9.95. The topological polar surface area (TPSA) is 15.6 Å². The van der Waals surface area contributed by atoms with Crippen molar-refractivity contribution in [3.8, 4) is 0 Å². The van der Waals surface area contributed by atoms with Crippen LogP contribution in [0.15, 0.2) is 29.3 Å². The molecular formula is C16H24N2. The Morgan fingerprint density at radius 2 is 2.17 bits per heavy atom. The second kappa shape index (κ2) is 6.14. The summed E-state index contributed by atoms with van der Waals surface area (Å²) >= 11 is 0. The zero-order chi connectivity index (χ0) is 13.0. The quantitative estimate of drug-likeness (QED) is 0.795. The fourth-order valence-electron chi connectivity index (χ4n) is 2.31. The first-order valence-corrected chi connectivity index (χ1v) is 6.92. The van der Waals surface area contributed by atoms with Crippen LogP contribution in [0, 0.1) is 5.92 Å². The molecule has 2 nitrogen and oxygen atoms in total. The maximum absolute atomic E-state index is 4.72. The summed E-state index contributed by atoms with van der Waals surface area (Å²) in [6.45, 7) is 4.39. The summed E-state index contributed by atoms with van der Waals surface area (Å²) < 4.78 is 0. The monoisotopic (exact) mass is 244 g/mol. The smallest absolute Gasteiger partial charge is 0.0420 e. The molecule has 1 heterocycles. The normalized spacial score (nSPS) is 20.0. The van der Waals surface area contributed by atoms with Crippen LogP contribution < -0.4 is 0 Å². The summed E-state index contributed by atoms with van der Waals surface area (Å²) in [7, 11) is 4.24. The van der Waals surface area contributed by atoms with E-state index in [2.05, 4.69) is 50.2 Å². The molecule has 18 heavy (non-hydrogen) atoms. The van der Waals surface area contributed by atoms with Gasteiger partial charge in [0, 0.05) is 18.8 Å². The third kappa shape index (κ3) is 3.67. The van der Waals surface area contributed by atoms with Crippen LogP contribution in [0.1, 0.15) is 30.9 Å². The summed E-state index contributed by atoms with van der Waals surface area (Å²) in [5.74, 6) is 0.755. The van der Waals surface area contributed by atoms with Crippen molar-refractivity contribution in [3.63, 3.8) is 0 Å². The van der Waals surface area contributed by atoms with E-state index in [1.165, 1.54) is 23.3 Å². The highest BCUT2D eigenvalue weighted by molar-refractivity contribution is 6.01. The minimum Gasteiger partial charge on any atom is -0.309 e. The summed E-state index contributed by atoms with van der Waals surface area (Å²) in [6, 6.07) is 8.91. The molecule has 0 radical (unpaired) electrons. The van der Waals surface area contributed by atoms with Crippen LogP contribution in [0.4, 0.5) is 0 Å². The maximum Gasteiger partial charge on any atom is 0.0420 e. The Morgan fingerprint density at radius 1 is 1.33 bits per heavy atom. The van der Waals surface area contributed by atoms with Crippen molar-refractivity contribution in [1.29, 1.82) is 0 Å². The first-order valence-electron chi connectivity index (χ1n) is 6.92. The Morgan fingerprint density at radius 3 is 2.83 bits per heavy atom. The van der Waals surface area contributed by atoms with Gasteiger partial charge in [0.2, 0.25) is 0 Å². The largest absolute Gasteiger partial charge is 0.309 e. The molecule has 1 atom stereocenters. The average Bonchev–Trinajstić information content (AvgIpc) is 2.37. The molecule has 0 bridgehead atoms. The number of rotatable bonds is 4. The van der Waals surface area contributed by atoms with Crippen LogP contribution in [0.2, 0.25) is 0 Å². The number of likely N-dealkylation sites (N-methyl/N-ethyl adjacent to an activating group) is 1. The van der Waals surface area contributed by atoms with Crippen molar-refractivity contribution in [1.82, 2.24) is 4.90 Å². The van der Waals surface area contributed by atoms with E-state index in [1.54, 1.807) is 0 Å². The molecule has 98 valence electrons. The van der Waals surface area contributed by atoms with Gasteiger partial charge in [-0.1, -0.05) is 25.1 Å². The number of hydrogen-bond donors (Lipinski definition) is 0. The van der Waals surface area contributed by atoms with E-state index in [0.29, 0.717) is 0 Å². The number of benzene rings is 1. The molecule has 1 aliphatic rings. The first-order chi connectivity index (χ1) is 8.65. The molecule has 0 amide bonds. The third-order valence-corrected chi connectivity index (χ3v) is 3.58. The average molecular weight is 244 g/mol. The molecule has 1 aromatic carbocycles. The molecular weight excluding hydrogens is 220 g/mol. The van der Waals surface area contributed by atoms with Crippen LogP contribution in [-0.2, 0) is 6.42 Å². The maximum atomic E-state index is 4.72. The molecule has 2 rings (SSSR count). The fraction of sp³-hybridized carbons (Fsp3) is 0.562. The van der Waals surface area contributed by atoms with Gasteiger partial charge >= 0.3 is 0 Å². The summed E-state index contributed by atoms with van der Waals surface area (Å²) in [5.41, 5.74) is 4.06. The molecule has 0 aliphatic carbocycles. The van der Waals surface area contributed by atoms with Gasteiger partial charge in [-0.25, -0.2) is 0 Å². The van der Waals surface area contributed by atoms with E-state index in [9.17, 15) is 0 Å². The molecule has 1 unspecified atom stereocenters. The highest BCUT2D eigenvalue weighted by Crippen LogP contribution is 2.18. The van der Waals surface area contributed by atoms with E-state index in [1.807, 2.05) is 0 Å². The predicted octanol–water partition coefficient (Wildman–Crippen LogP) is 3.01. The molecule has 1 aromatic rings. The second-order valence-electron chi connectivity index (χ2n) is 5.68. The second-order valence-corrected chi connectivity index (χ2v) is 5.68. The Hall–Kier alpha value is -1.15. The molecule has 0 aromatic heterocycles. The van der Waals surface area contributed by atoms with Crippen molar-refractivity contribution >= 4 is 5.71 Å². The van der Waals surface area contributed by atoms with Crippen LogP contribution >= 0.6 is 0 Å². The van der Waals surface area contributed by atoms with E-state index in [4.69, 9.17) is 4.99 Å². The van der Waals surface area contributed by atoms with E-state index < -0.39 is 0 Å². The fourth-order valence-corrected chi connectivity index (χ4v) is 2.31. The summed E-state index contributed by atoms with van der Waals surface area (Å²) in [5, 5.41) is 0. The van der Waals surface area contributed by atoms with Crippen molar-refractivity contribution < 1.29 is 0 Å². The van der Waals surface area contributed by atoms with Crippen molar-refractivity contribution in [3.05, 3.63) is 35.4 Å². The molecule has 0 N–H and O–H groups in total. The molecule has 0 saturated heterocycles. The molecule has 1 aliphatic heterocycles. The SMILES string of the molecule is CC1CCC(c2cccc(CCN(C)C)c2)=NC1. The lowest BCUT2D eigenvalue weighted by Crippen LogP contribution is -2.16.